The zero-order valence-electron chi connectivity index (χ0n) is 19.1. The molecule has 1 unspecified atom stereocenters. The van der Waals surface area contributed by atoms with Crippen LogP contribution in [0.1, 0.15) is 18.9 Å². The van der Waals surface area contributed by atoms with E-state index in [1.54, 1.807) is 23.5 Å². The first kappa shape index (κ1) is 22.6. The zero-order chi connectivity index (χ0) is 23.1. The molecule has 9 heteroatoms. The Hall–Kier alpha value is -2.17. The van der Waals surface area contributed by atoms with Crippen molar-refractivity contribution in [1.29, 1.82) is 0 Å². The summed E-state index contributed by atoms with van der Waals surface area (Å²) < 4.78 is 46.8. The van der Waals surface area contributed by atoms with Crippen LogP contribution in [-0.4, -0.2) is 76.8 Å². The monoisotopic (exact) mass is 473 g/mol. The first-order valence-electron chi connectivity index (χ1n) is 11.5. The van der Waals surface area contributed by atoms with Crippen molar-refractivity contribution in [3.63, 3.8) is 0 Å². The van der Waals surface area contributed by atoms with Crippen molar-refractivity contribution in [3.05, 3.63) is 54.1 Å². The number of hydrogen-bond acceptors (Lipinski definition) is 7. The second-order valence-corrected chi connectivity index (χ2v) is 10.4. The molecular formula is C24H31N3O5S. The molecule has 0 aliphatic carbocycles. The molecule has 3 aliphatic heterocycles. The molecule has 0 amide bonds. The van der Waals surface area contributed by atoms with Crippen LogP contribution in [0.3, 0.4) is 0 Å². The number of rotatable bonds is 5. The summed E-state index contributed by atoms with van der Waals surface area (Å²) in [5, 5.41) is 0. The van der Waals surface area contributed by atoms with Crippen molar-refractivity contribution in [2.24, 2.45) is 0 Å². The van der Waals surface area contributed by atoms with E-state index < -0.39 is 22.0 Å². The summed E-state index contributed by atoms with van der Waals surface area (Å²) in [5.74, 6) is -0.282. The summed E-state index contributed by atoms with van der Waals surface area (Å²) in [6, 6.07) is 15.2. The lowest BCUT2D eigenvalue weighted by Crippen LogP contribution is -2.67. The molecule has 2 saturated heterocycles. The predicted molar refractivity (Wildman–Crippen MR) is 125 cm³/mol. The minimum absolute atomic E-state index is 0.286. The van der Waals surface area contributed by atoms with Gasteiger partial charge in [0.1, 0.15) is 11.9 Å². The van der Waals surface area contributed by atoms with Gasteiger partial charge in [-0.15, -0.1) is 0 Å². The Morgan fingerprint density at radius 1 is 1.00 bits per heavy atom. The molecule has 3 heterocycles. The highest BCUT2D eigenvalue weighted by atomic mass is 32.2. The molecule has 178 valence electrons. The Labute approximate surface area is 195 Å². The van der Waals surface area contributed by atoms with E-state index in [4.69, 9.17) is 14.2 Å². The van der Waals surface area contributed by atoms with Gasteiger partial charge in [0.05, 0.1) is 25.2 Å². The molecule has 0 N–H and O–H groups in total. The number of methoxy groups -OCH3 is 1. The highest BCUT2D eigenvalue weighted by molar-refractivity contribution is 7.89. The number of nitrogens with zero attached hydrogens (tertiary/aromatic N) is 3. The lowest BCUT2D eigenvalue weighted by molar-refractivity contribution is -0.241. The van der Waals surface area contributed by atoms with E-state index in [1.165, 1.54) is 0 Å². The number of hydrogen-bond donors (Lipinski definition) is 0. The molecule has 1 spiro atoms. The fourth-order valence-electron chi connectivity index (χ4n) is 5.20. The quantitative estimate of drug-likeness (QED) is 0.661. The average Bonchev–Trinajstić information content (AvgIpc) is 3.34. The van der Waals surface area contributed by atoms with Crippen LogP contribution < -0.4 is 9.64 Å². The lowest BCUT2D eigenvalue weighted by Gasteiger charge is -2.52. The molecule has 2 aromatic rings. The van der Waals surface area contributed by atoms with Gasteiger partial charge in [0.2, 0.25) is 15.8 Å². The summed E-state index contributed by atoms with van der Waals surface area (Å²) in [7, 11) is -2.01. The summed E-state index contributed by atoms with van der Waals surface area (Å²) in [4.78, 5) is 4.82. The van der Waals surface area contributed by atoms with Gasteiger partial charge in [0, 0.05) is 44.0 Å². The second kappa shape index (κ2) is 8.88. The SMILES string of the molecule is CCCN1C(N2CCN(c3ccc(OC)cc3)CC2)C2(OCCO2)c2ccccc2S1(=O)=O. The average molecular weight is 474 g/mol. The summed E-state index contributed by atoms with van der Waals surface area (Å²) in [6.07, 6.45) is 0.164. The number of fused-ring (bicyclic) bond motifs is 2. The first-order chi connectivity index (χ1) is 16.0. The van der Waals surface area contributed by atoms with Gasteiger partial charge in [0.25, 0.3) is 0 Å². The topological polar surface area (TPSA) is 71.6 Å². The van der Waals surface area contributed by atoms with E-state index in [0.717, 1.165) is 24.5 Å². The molecule has 3 aliphatic rings. The molecule has 0 saturated carbocycles. The maximum Gasteiger partial charge on any atom is 0.245 e. The molecule has 0 aromatic heterocycles. The van der Waals surface area contributed by atoms with E-state index in [2.05, 4.69) is 21.9 Å². The molecule has 2 aromatic carbocycles. The number of piperazine rings is 1. The van der Waals surface area contributed by atoms with Gasteiger partial charge in [0.15, 0.2) is 0 Å². The Bertz CT molecular complexity index is 1080. The maximum absolute atomic E-state index is 13.7. The van der Waals surface area contributed by atoms with Crippen LogP contribution in [0, 0.1) is 0 Å². The summed E-state index contributed by atoms with van der Waals surface area (Å²) in [5.41, 5.74) is 1.74. The molecule has 0 radical (unpaired) electrons. The van der Waals surface area contributed by atoms with Gasteiger partial charge in [-0.1, -0.05) is 25.1 Å². The van der Waals surface area contributed by atoms with Gasteiger partial charge in [-0.2, -0.15) is 4.31 Å². The van der Waals surface area contributed by atoms with Gasteiger partial charge >= 0.3 is 0 Å². The van der Waals surface area contributed by atoms with Crippen molar-refractivity contribution >= 4 is 15.7 Å². The van der Waals surface area contributed by atoms with E-state index in [0.29, 0.717) is 44.8 Å². The van der Waals surface area contributed by atoms with Gasteiger partial charge in [-0.05, 0) is 36.8 Å². The second-order valence-electron chi connectivity index (χ2n) is 8.57. The molecule has 2 fully saturated rings. The van der Waals surface area contributed by atoms with Gasteiger partial charge < -0.3 is 19.1 Å². The number of ether oxygens (including phenoxy) is 3. The predicted octanol–water partition coefficient (Wildman–Crippen LogP) is 2.46. The van der Waals surface area contributed by atoms with Crippen molar-refractivity contribution < 1.29 is 22.6 Å². The molecular weight excluding hydrogens is 442 g/mol. The minimum Gasteiger partial charge on any atom is -0.497 e. The van der Waals surface area contributed by atoms with Crippen molar-refractivity contribution in [2.45, 2.75) is 30.2 Å². The van der Waals surface area contributed by atoms with E-state index in [1.807, 2.05) is 31.2 Å². The molecule has 5 rings (SSSR count). The first-order valence-corrected chi connectivity index (χ1v) is 13.0. The lowest BCUT2D eigenvalue weighted by atomic mass is 10.00. The Kier molecular flexibility index (Phi) is 6.09. The van der Waals surface area contributed by atoms with Crippen LogP contribution in [-0.2, 0) is 25.3 Å². The van der Waals surface area contributed by atoms with Crippen molar-refractivity contribution in [2.75, 3.05) is 57.9 Å². The van der Waals surface area contributed by atoms with Crippen LogP contribution in [0.25, 0.3) is 0 Å². The van der Waals surface area contributed by atoms with Gasteiger partial charge in [-0.3, -0.25) is 4.90 Å². The third kappa shape index (κ3) is 3.72. The van der Waals surface area contributed by atoms with Crippen LogP contribution in [0.2, 0.25) is 0 Å². The maximum atomic E-state index is 13.7. The largest absolute Gasteiger partial charge is 0.497 e. The fourth-order valence-corrected chi connectivity index (χ4v) is 7.15. The molecule has 0 bridgehead atoms. The smallest absolute Gasteiger partial charge is 0.245 e. The van der Waals surface area contributed by atoms with Crippen molar-refractivity contribution in [3.8, 4) is 5.75 Å². The normalized spacial score (nSPS) is 24.7. The third-order valence-corrected chi connectivity index (χ3v) is 8.63. The van der Waals surface area contributed by atoms with E-state index >= 15 is 0 Å². The highest BCUT2D eigenvalue weighted by Gasteiger charge is 2.59. The number of anilines is 1. The van der Waals surface area contributed by atoms with Crippen LogP contribution in [0.4, 0.5) is 5.69 Å². The zero-order valence-corrected chi connectivity index (χ0v) is 20.0. The van der Waals surface area contributed by atoms with E-state index in [9.17, 15) is 8.42 Å². The highest BCUT2D eigenvalue weighted by Crippen LogP contribution is 2.47. The standard InChI is InChI=1S/C24H31N3O5S/c1-3-12-27-23(26-15-13-25(14-16-26)19-8-10-20(30-2)11-9-19)24(31-17-18-32-24)21-6-4-5-7-22(21)33(27,28)29/h4-11,23H,3,12-18H2,1-2H3. The molecule has 33 heavy (non-hydrogen) atoms. The summed E-state index contributed by atoms with van der Waals surface area (Å²) >= 11 is 0. The van der Waals surface area contributed by atoms with Crippen LogP contribution in [0.15, 0.2) is 53.4 Å². The number of benzene rings is 2. The van der Waals surface area contributed by atoms with E-state index in [-0.39, 0.29) is 4.90 Å². The van der Waals surface area contributed by atoms with Crippen molar-refractivity contribution in [1.82, 2.24) is 9.21 Å². The molecule has 1 atom stereocenters. The Morgan fingerprint density at radius 3 is 2.30 bits per heavy atom. The Balaban J connectivity index is 1.48. The molecule has 8 nitrogen and oxygen atoms in total. The minimum atomic E-state index is -3.68. The summed E-state index contributed by atoms with van der Waals surface area (Å²) in [6.45, 7) is 6.24. The number of sulfonamides is 1. The fraction of sp³-hybridized carbons (Fsp3) is 0.500. The third-order valence-electron chi connectivity index (χ3n) is 6.72. The van der Waals surface area contributed by atoms with Crippen LogP contribution >= 0.6 is 0 Å². The Morgan fingerprint density at radius 2 is 1.67 bits per heavy atom. The van der Waals surface area contributed by atoms with Gasteiger partial charge in [-0.25, -0.2) is 8.42 Å². The van der Waals surface area contributed by atoms with Crippen LogP contribution in [0.5, 0.6) is 5.75 Å².